The molecule has 3 rings (SSSR count). The van der Waals surface area contributed by atoms with Crippen LogP contribution in [-0.4, -0.2) is 9.55 Å². The quantitative estimate of drug-likeness (QED) is 0.661. The topological polar surface area (TPSA) is 21.7 Å². The highest BCUT2D eigenvalue weighted by molar-refractivity contribution is 7.18. The lowest BCUT2D eigenvalue weighted by molar-refractivity contribution is -0.671. The minimum atomic E-state index is 0.770. The Kier molecular flexibility index (Phi) is 2.84. The number of hydrogen-bond donors (Lipinski definition) is 0. The highest BCUT2D eigenvalue weighted by Gasteiger charge is 2.10. The fourth-order valence-corrected chi connectivity index (χ4v) is 3.16. The molecule has 0 atom stereocenters. The summed E-state index contributed by atoms with van der Waals surface area (Å²) in [5.74, 6) is 0. The van der Waals surface area contributed by atoms with Crippen LogP contribution in [0.2, 0.25) is 5.02 Å². The number of nitrogens with zero attached hydrogens (tertiary/aromatic N) is 3. The molecule has 0 saturated carbocycles. The van der Waals surface area contributed by atoms with Gasteiger partial charge >= 0.3 is 0 Å². The second-order valence-corrected chi connectivity index (χ2v) is 6.04. The second-order valence-electron chi connectivity index (χ2n) is 4.40. The van der Waals surface area contributed by atoms with Gasteiger partial charge in [-0.3, -0.25) is 0 Å². The Hall–Kier alpha value is -1.39. The van der Waals surface area contributed by atoms with Crippen molar-refractivity contribution in [3.05, 3.63) is 46.4 Å². The van der Waals surface area contributed by atoms with Crippen LogP contribution in [0, 0.1) is 6.92 Å². The predicted molar refractivity (Wildman–Crippen MR) is 74.1 cm³/mol. The molecule has 0 aliphatic rings. The summed E-state index contributed by atoms with van der Waals surface area (Å²) >= 11 is 8.01. The third kappa shape index (κ3) is 2.13. The highest BCUT2D eigenvalue weighted by atomic mass is 35.5. The van der Waals surface area contributed by atoms with Gasteiger partial charge in [0.2, 0.25) is 6.33 Å². The zero-order chi connectivity index (χ0) is 12.7. The lowest BCUT2D eigenvalue weighted by atomic mass is 10.2. The van der Waals surface area contributed by atoms with Crippen LogP contribution in [0.25, 0.3) is 10.2 Å². The van der Waals surface area contributed by atoms with Crippen LogP contribution < -0.4 is 4.57 Å². The molecule has 92 valence electrons. The number of hydrogen-bond acceptors (Lipinski definition) is 2. The molecular formula is C13H13ClN3S+. The van der Waals surface area contributed by atoms with E-state index in [1.165, 1.54) is 0 Å². The Morgan fingerprint density at radius 2 is 2.28 bits per heavy atom. The molecule has 0 N–H and O–H groups in total. The molecule has 0 aliphatic heterocycles. The summed E-state index contributed by atoms with van der Waals surface area (Å²) < 4.78 is 5.27. The summed E-state index contributed by atoms with van der Waals surface area (Å²) in [6.07, 6.45) is 6.08. The van der Waals surface area contributed by atoms with Gasteiger partial charge in [0.25, 0.3) is 0 Å². The summed E-state index contributed by atoms with van der Waals surface area (Å²) in [6.45, 7) is 2.79. The zero-order valence-corrected chi connectivity index (χ0v) is 11.8. The van der Waals surface area contributed by atoms with Gasteiger partial charge in [0.15, 0.2) is 0 Å². The fraction of sp³-hybridized carbons (Fsp3) is 0.231. The Labute approximate surface area is 114 Å². The van der Waals surface area contributed by atoms with Crippen LogP contribution in [-0.2, 0) is 13.6 Å². The summed E-state index contributed by atoms with van der Waals surface area (Å²) in [5.41, 5.74) is 2.14. The number of aryl methyl sites for hydroxylation is 2. The van der Waals surface area contributed by atoms with Crippen LogP contribution in [0.3, 0.4) is 0 Å². The molecule has 0 fully saturated rings. The fourth-order valence-electron chi connectivity index (χ4n) is 2.02. The molecule has 0 spiro atoms. The van der Waals surface area contributed by atoms with Crippen LogP contribution in [0.1, 0.15) is 10.6 Å². The van der Waals surface area contributed by atoms with E-state index >= 15 is 0 Å². The van der Waals surface area contributed by atoms with E-state index in [-0.39, 0.29) is 0 Å². The van der Waals surface area contributed by atoms with Gasteiger partial charge in [0.05, 0.1) is 22.3 Å². The third-order valence-corrected chi connectivity index (χ3v) is 4.13. The molecule has 18 heavy (non-hydrogen) atoms. The number of halogens is 1. The van der Waals surface area contributed by atoms with Crippen molar-refractivity contribution in [2.45, 2.75) is 13.5 Å². The standard InChI is InChI=1S/C13H13ClN3S/c1-9-15-12-5-10(11(14)6-13(12)18-9)7-17-4-3-16(2)8-17/h3-6,8H,7H2,1-2H3/q+1. The average molecular weight is 279 g/mol. The largest absolute Gasteiger partial charge is 0.243 e. The molecule has 5 heteroatoms. The zero-order valence-electron chi connectivity index (χ0n) is 10.2. The van der Waals surface area contributed by atoms with Gasteiger partial charge < -0.3 is 0 Å². The Bertz CT molecular complexity index is 714. The van der Waals surface area contributed by atoms with Crippen LogP contribution in [0.5, 0.6) is 0 Å². The van der Waals surface area contributed by atoms with Crippen molar-refractivity contribution in [1.29, 1.82) is 0 Å². The Balaban J connectivity index is 2.02. The van der Waals surface area contributed by atoms with Crippen molar-refractivity contribution in [2.75, 3.05) is 0 Å². The molecule has 2 aromatic heterocycles. The molecular weight excluding hydrogens is 266 g/mol. The number of aromatic nitrogens is 3. The van der Waals surface area contributed by atoms with Gasteiger partial charge in [0, 0.05) is 10.6 Å². The van der Waals surface area contributed by atoms with Crippen molar-refractivity contribution < 1.29 is 4.57 Å². The van der Waals surface area contributed by atoms with E-state index in [2.05, 4.69) is 15.6 Å². The van der Waals surface area contributed by atoms with Gasteiger partial charge in [-0.25, -0.2) is 14.1 Å². The van der Waals surface area contributed by atoms with Crippen molar-refractivity contribution >= 4 is 33.2 Å². The lowest BCUT2D eigenvalue weighted by Crippen LogP contribution is -2.23. The molecule has 0 amide bonds. The molecule has 0 bridgehead atoms. The summed E-state index contributed by atoms with van der Waals surface area (Å²) in [6, 6.07) is 4.10. The molecule has 3 nitrogen and oxygen atoms in total. The van der Waals surface area contributed by atoms with E-state index in [4.69, 9.17) is 11.6 Å². The first kappa shape index (κ1) is 11.7. The van der Waals surface area contributed by atoms with E-state index in [0.717, 1.165) is 32.4 Å². The molecule has 0 unspecified atom stereocenters. The molecule has 0 aliphatic carbocycles. The van der Waals surface area contributed by atoms with Crippen LogP contribution in [0.4, 0.5) is 0 Å². The molecule has 0 saturated heterocycles. The minimum Gasteiger partial charge on any atom is -0.242 e. The van der Waals surface area contributed by atoms with Gasteiger partial charge in [-0.15, -0.1) is 11.3 Å². The highest BCUT2D eigenvalue weighted by Crippen LogP contribution is 2.28. The van der Waals surface area contributed by atoms with Gasteiger partial charge in [-0.2, -0.15) is 0 Å². The average Bonchev–Trinajstić information content (AvgIpc) is 2.85. The lowest BCUT2D eigenvalue weighted by Gasteiger charge is -2.01. The van der Waals surface area contributed by atoms with E-state index in [0.29, 0.717) is 0 Å². The summed E-state index contributed by atoms with van der Waals surface area (Å²) in [7, 11) is 2.01. The van der Waals surface area contributed by atoms with Crippen LogP contribution in [0.15, 0.2) is 30.9 Å². The SMILES string of the molecule is Cc1nc2cc(Cn3cc[n+](C)c3)c(Cl)cc2s1. The summed E-state index contributed by atoms with van der Waals surface area (Å²) in [4.78, 5) is 4.51. The number of rotatable bonds is 2. The normalized spacial score (nSPS) is 11.3. The minimum absolute atomic E-state index is 0.770. The van der Waals surface area contributed by atoms with Gasteiger partial charge in [0.1, 0.15) is 18.9 Å². The third-order valence-electron chi connectivity index (χ3n) is 2.84. The predicted octanol–water partition coefficient (Wildman–Crippen LogP) is 2.93. The van der Waals surface area contributed by atoms with Crippen molar-refractivity contribution in [1.82, 2.24) is 9.55 Å². The number of benzene rings is 1. The Morgan fingerprint density at radius 1 is 1.44 bits per heavy atom. The van der Waals surface area contributed by atoms with E-state index in [1.54, 1.807) is 11.3 Å². The van der Waals surface area contributed by atoms with Crippen LogP contribution >= 0.6 is 22.9 Å². The van der Waals surface area contributed by atoms with Gasteiger partial charge in [-0.1, -0.05) is 11.6 Å². The number of imidazole rings is 1. The summed E-state index contributed by atoms with van der Waals surface area (Å²) in [5, 5.41) is 1.88. The van der Waals surface area contributed by atoms with Crippen molar-refractivity contribution in [3.63, 3.8) is 0 Å². The first-order valence-electron chi connectivity index (χ1n) is 5.68. The monoisotopic (exact) mass is 278 g/mol. The first-order chi connectivity index (χ1) is 8.61. The maximum Gasteiger partial charge on any atom is 0.243 e. The molecule has 3 aromatic rings. The van der Waals surface area contributed by atoms with Crippen molar-refractivity contribution in [3.8, 4) is 0 Å². The molecule has 0 radical (unpaired) electrons. The van der Waals surface area contributed by atoms with Gasteiger partial charge in [-0.05, 0) is 19.1 Å². The number of fused-ring (bicyclic) bond motifs is 1. The first-order valence-corrected chi connectivity index (χ1v) is 6.88. The maximum atomic E-state index is 6.33. The maximum absolute atomic E-state index is 6.33. The molecule has 1 aromatic carbocycles. The van der Waals surface area contributed by atoms with Crippen molar-refractivity contribution in [2.24, 2.45) is 7.05 Å². The van der Waals surface area contributed by atoms with E-state index in [9.17, 15) is 0 Å². The Morgan fingerprint density at radius 3 is 3.00 bits per heavy atom. The number of thiazole rings is 1. The molecule has 2 heterocycles. The van der Waals surface area contributed by atoms with E-state index in [1.807, 2.05) is 43.3 Å². The van der Waals surface area contributed by atoms with E-state index < -0.39 is 0 Å². The smallest absolute Gasteiger partial charge is 0.242 e. The second kappa shape index (κ2) is 4.37.